The van der Waals surface area contributed by atoms with E-state index in [2.05, 4.69) is 26.6 Å². The van der Waals surface area contributed by atoms with Crippen molar-refractivity contribution in [3.05, 3.63) is 47.7 Å². The van der Waals surface area contributed by atoms with Gasteiger partial charge < -0.3 is 56.9 Å². The number of nitrogens with zero attached hydrogens (tertiary/aromatic N) is 1. The summed E-state index contributed by atoms with van der Waals surface area (Å²) in [6.07, 6.45) is 0.548. The van der Waals surface area contributed by atoms with Gasteiger partial charge in [0.05, 0.1) is 12.8 Å². The summed E-state index contributed by atoms with van der Waals surface area (Å²) in [7, 11) is -1.50. The van der Waals surface area contributed by atoms with Crippen molar-refractivity contribution >= 4 is 60.5 Å². The molecule has 1 aliphatic rings. The second kappa shape index (κ2) is 23.5. The van der Waals surface area contributed by atoms with Crippen molar-refractivity contribution in [2.75, 3.05) is 6.54 Å². The number of aryl methyl sites for hydroxylation is 1. The minimum atomic E-state index is -1.79. The van der Waals surface area contributed by atoms with E-state index >= 15 is 0 Å². The number of allylic oxidation sites excluding steroid dienone is 1. The van der Waals surface area contributed by atoms with Crippen molar-refractivity contribution < 1.29 is 68.5 Å². The summed E-state index contributed by atoms with van der Waals surface area (Å²) in [5.41, 5.74) is 0.410. The number of rotatable bonds is 23. The molecule has 20 nitrogen and oxygen atoms in total. The highest BCUT2D eigenvalue weighted by Gasteiger charge is 2.43. The lowest BCUT2D eigenvalue weighted by Crippen LogP contribution is -2.61. The maximum atomic E-state index is 14.3. The fourth-order valence-corrected chi connectivity index (χ4v) is 6.15. The zero-order valence-corrected chi connectivity index (χ0v) is 33.6. The van der Waals surface area contributed by atoms with Crippen LogP contribution in [0.2, 0.25) is 6.32 Å². The lowest BCUT2D eigenvalue weighted by atomic mass is 9.85. The topological polar surface area (TPSA) is 318 Å². The zero-order chi connectivity index (χ0) is 44.4. The van der Waals surface area contributed by atoms with Gasteiger partial charge >= 0.3 is 25.0 Å². The van der Waals surface area contributed by atoms with Gasteiger partial charge in [-0.15, -0.1) is 0 Å². The van der Waals surface area contributed by atoms with Crippen LogP contribution in [-0.4, -0.2) is 127 Å². The minimum Gasteiger partial charge on any atom is -0.481 e. The van der Waals surface area contributed by atoms with Gasteiger partial charge in [0.2, 0.25) is 35.4 Å². The first-order chi connectivity index (χ1) is 27.6. The number of nitrogens with one attached hydrogen (secondary N) is 5. The Bertz CT molecular complexity index is 1730. The molecule has 59 heavy (non-hydrogen) atoms. The maximum Gasteiger partial charge on any atom is 0.451 e. The summed E-state index contributed by atoms with van der Waals surface area (Å²) < 4.78 is 0. The molecule has 0 bridgehead atoms. The quantitative estimate of drug-likeness (QED) is 0.0605. The fourth-order valence-electron chi connectivity index (χ4n) is 6.15. The number of hydrogen-bond acceptors (Lipinski definition) is 11. The van der Waals surface area contributed by atoms with Gasteiger partial charge in [0.1, 0.15) is 30.2 Å². The molecule has 1 heterocycles. The Morgan fingerprint density at radius 1 is 0.814 bits per heavy atom. The highest BCUT2D eigenvalue weighted by atomic mass is 16.4. The normalized spacial score (nSPS) is 15.9. The number of carbonyl (C=O) groups excluding carboxylic acids is 6. The smallest absolute Gasteiger partial charge is 0.451 e. The van der Waals surface area contributed by atoms with Crippen molar-refractivity contribution in [3.63, 3.8) is 0 Å². The highest BCUT2D eigenvalue weighted by Crippen LogP contribution is 2.26. The molecular formula is C38H55BN6O14. The molecular weight excluding hydrogens is 775 g/mol. The van der Waals surface area contributed by atoms with Crippen LogP contribution in [0.5, 0.6) is 0 Å². The van der Waals surface area contributed by atoms with Crippen LogP contribution in [0, 0.1) is 12.3 Å². The molecule has 5 atom stereocenters. The molecule has 324 valence electrons. The number of likely N-dealkylation sites (tertiary alicyclic amines) is 1. The molecule has 1 aliphatic heterocycles. The van der Waals surface area contributed by atoms with Gasteiger partial charge in [-0.3, -0.25) is 43.2 Å². The Morgan fingerprint density at radius 2 is 1.42 bits per heavy atom. The molecule has 21 heteroatoms. The summed E-state index contributed by atoms with van der Waals surface area (Å²) in [6.45, 7) is 7.05. The van der Waals surface area contributed by atoms with Crippen LogP contribution in [0.15, 0.2) is 36.5 Å². The Hall–Kier alpha value is -5.83. The predicted octanol–water partition coefficient (Wildman–Crippen LogP) is -0.789. The van der Waals surface area contributed by atoms with E-state index in [4.69, 9.17) is 15.2 Å². The lowest BCUT2D eigenvalue weighted by Gasteiger charge is -2.36. The van der Waals surface area contributed by atoms with Crippen LogP contribution in [0.1, 0.15) is 83.3 Å². The third-order valence-electron chi connectivity index (χ3n) is 9.37. The summed E-state index contributed by atoms with van der Waals surface area (Å²) in [5.74, 6) is -9.29. The third-order valence-corrected chi connectivity index (χ3v) is 9.37. The van der Waals surface area contributed by atoms with Crippen molar-refractivity contribution in [1.29, 1.82) is 0 Å². The molecule has 0 radical (unpaired) electrons. The van der Waals surface area contributed by atoms with Gasteiger partial charge in [0.25, 0.3) is 0 Å². The third kappa shape index (κ3) is 17.3. The van der Waals surface area contributed by atoms with E-state index in [0.29, 0.717) is 18.4 Å². The lowest BCUT2D eigenvalue weighted by molar-refractivity contribution is -0.144. The molecule has 0 unspecified atom stereocenters. The first-order valence-corrected chi connectivity index (χ1v) is 19.1. The van der Waals surface area contributed by atoms with Gasteiger partial charge in [-0.2, -0.15) is 0 Å². The molecule has 1 aromatic rings. The van der Waals surface area contributed by atoms with E-state index in [1.165, 1.54) is 17.2 Å². The summed E-state index contributed by atoms with van der Waals surface area (Å²) in [4.78, 5) is 116. The highest BCUT2D eigenvalue weighted by molar-refractivity contribution is 6.40. The Labute approximate surface area is 341 Å². The second-order valence-corrected chi connectivity index (χ2v) is 15.3. The van der Waals surface area contributed by atoms with Crippen LogP contribution in [0.3, 0.4) is 0 Å². The van der Waals surface area contributed by atoms with E-state index in [-0.39, 0.29) is 25.7 Å². The number of carboxylic acids is 3. The first kappa shape index (κ1) is 49.3. The van der Waals surface area contributed by atoms with E-state index in [0.717, 1.165) is 5.56 Å². The Balaban J connectivity index is 2.41. The average Bonchev–Trinajstić information content (AvgIpc) is 3.64. The molecule has 1 saturated heterocycles. The largest absolute Gasteiger partial charge is 0.481 e. The summed E-state index contributed by atoms with van der Waals surface area (Å²) in [5, 5.41) is 58.0. The number of benzene rings is 1. The maximum absolute atomic E-state index is 14.3. The van der Waals surface area contributed by atoms with Crippen molar-refractivity contribution in [3.8, 4) is 0 Å². The van der Waals surface area contributed by atoms with Gasteiger partial charge in [0.15, 0.2) is 0 Å². The van der Waals surface area contributed by atoms with Gasteiger partial charge in [-0.1, -0.05) is 51.1 Å². The second-order valence-electron chi connectivity index (χ2n) is 15.3. The van der Waals surface area contributed by atoms with Crippen LogP contribution in [-0.2, 0) is 49.6 Å². The number of carbonyl (C=O) groups is 9. The van der Waals surface area contributed by atoms with Crippen LogP contribution in [0.25, 0.3) is 0 Å². The van der Waals surface area contributed by atoms with Gasteiger partial charge in [0, 0.05) is 25.8 Å². The SMILES string of the molecule is Cc1ccccc1C[C@H](NC(=O)[C@H](CCC(=O)O)NC(=O)[C@H](CC(=O)O)NC(=O)CCC(=O)O)C(=O)N[C@H](C(=O)N1CCC[C@@H]1C(=O)NC=CCCB(O)O)C(C)(C)C. The zero-order valence-electron chi connectivity index (χ0n) is 33.6. The van der Waals surface area contributed by atoms with E-state index in [9.17, 15) is 53.4 Å². The standard InChI is InChI=1S/C38H55BN6O14/c1-22-10-5-6-11-23(22)20-25(43-33(53)24(13-15-29(47)48)42-34(54)26(21-31(51)52)41-28(46)14-16-30(49)50)35(55)44-32(38(2,3)4)37(57)45-19-9-12-27(45)36(56)40-18-8-7-17-39(58)59/h5-6,8,10-11,18,24-27,32,58-59H,7,9,12-17,19-21H2,1-4H3,(H,40,56)(H,41,46)(H,42,54)(H,43,53)(H,44,55)(H,47,48)(H,49,50)(H,51,52)/t24-,25-,26-,27+,32+/m0/s1. The molecule has 6 amide bonds. The van der Waals surface area contributed by atoms with E-state index in [1.54, 1.807) is 52.0 Å². The number of amides is 6. The Kier molecular flexibility index (Phi) is 19.7. The Morgan fingerprint density at radius 3 is 2.02 bits per heavy atom. The average molecular weight is 831 g/mol. The molecule has 10 N–H and O–H groups in total. The van der Waals surface area contributed by atoms with Crippen molar-refractivity contribution in [1.82, 2.24) is 31.5 Å². The van der Waals surface area contributed by atoms with Crippen LogP contribution in [0.4, 0.5) is 0 Å². The minimum absolute atomic E-state index is 0.0563. The van der Waals surface area contributed by atoms with E-state index < -0.39 is 128 Å². The summed E-state index contributed by atoms with van der Waals surface area (Å²) >= 11 is 0. The molecule has 0 aliphatic carbocycles. The van der Waals surface area contributed by atoms with Crippen LogP contribution >= 0.6 is 0 Å². The van der Waals surface area contributed by atoms with Crippen molar-refractivity contribution in [2.24, 2.45) is 5.41 Å². The number of carboxylic acid groups (broad SMARTS) is 3. The molecule has 1 aromatic carbocycles. The van der Waals surface area contributed by atoms with E-state index in [1.807, 2.05) is 0 Å². The molecule has 0 aromatic heterocycles. The summed E-state index contributed by atoms with van der Waals surface area (Å²) in [6, 6.07) is -0.0871. The number of aliphatic carboxylic acids is 3. The van der Waals surface area contributed by atoms with Gasteiger partial charge in [-0.05, 0) is 61.7 Å². The van der Waals surface area contributed by atoms with Crippen LogP contribution < -0.4 is 26.6 Å². The molecule has 2 rings (SSSR count). The monoisotopic (exact) mass is 830 g/mol. The van der Waals surface area contributed by atoms with Gasteiger partial charge in [-0.25, -0.2) is 0 Å². The number of hydrogen-bond donors (Lipinski definition) is 10. The molecule has 1 fully saturated rings. The molecule has 0 spiro atoms. The predicted molar refractivity (Wildman–Crippen MR) is 210 cm³/mol. The fraction of sp³-hybridized carbons (Fsp3) is 0.553. The first-order valence-electron chi connectivity index (χ1n) is 19.1. The van der Waals surface area contributed by atoms with Crippen molar-refractivity contribution in [2.45, 2.75) is 122 Å². The molecule has 0 saturated carbocycles.